The number of hydrogen-bond donors (Lipinski definition) is 1. The van der Waals surface area contributed by atoms with Gasteiger partial charge in [0, 0.05) is 16.5 Å². The summed E-state index contributed by atoms with van der Waals surface area (Å²) in [6, 6.07) is 3.15. The molecule has 1 heterocycles. The maximum absolute atomic E-state index is 13.5. The zero-order chi connectivity index (χ0) is 12.4. The third kappa shape index (κ3) is 2.86. The molecule has 1 aromatic heterocycles. The molecule has 1 aromatic carbocycles. The fraction of sp³-hybridized carbons (Fsp3) is 0.250. The number of aryl methyl sites for hydroxylation is 1. The summed E-state index contributed by atoms with van der Waals surface area (Å²) in [4.78, 5) is 5.03. The van der Waals surface area contributed by atoms with Crippen LogP contribution in [0.2, 0.25) is 0 Å². The van der Waals surface area contributed by atoms with Crippen molar-refractivity contribution in [3.8, 4) is 0 Å². The highest BCUT2D eigenvalue weighted by atomic mass is 32.2. The van der Waals surface area contributed by atoms with Crippen LogP contribution in [0.3, 0.4) is 0 Å². The maximum atomic E-state index is 13.5. The molecular formula is C12H12FNOS2. The quantitative estimate of drug-likeness (QED) is 0.920. The molecule has 5 heteroatoms. The molecule has 0 aliphatic rings. The molecule has 2 rings (SSSR count). The third-order valence-corrected chi connectivity index (χ3v) is 4.31. The van der Waals surface area contributed by atoms with E-state index >= 15 is 0 Å². The van der Waals surface area contributed by atoms with E-state index in [0.717, 1.165) is 9.24 Å². The molecule has 90 valence electrons. The van der Waals surface area contributed by atoms with Gasteiger partial charge in [0.1, 0.15) is 5.82 Å². The van der Waals surface area contributed by atoms with Crippen molar-refractivity contribution in [2.75, 3.05) is 0 Å². The Morgan fingerprint density at radius 3 is 2.82 bits per heavy atom. The molecule has 1 N–H and O–H groups in total. The molecule has 0 aliphatic carbocycles. The Kier molecular flexibility index (Phi) is 3.81. The van der Waals surface area contributed by atoms with E-state index < -0.39 is 6.10 Å². The number of hydrogen-bond acceptors (Lipinski definition) is 4. The summed E-state index contributed by atoms with van der Waals surface area (Å²) >= 11 is 2.98. The minimum Gasteiger partial charge on any atom is -0.389 e. The van der Waals surface area contributed by atoms with Crippen LogP contribution in [0, 0.1) is 12.7 Å². The van der Waals surface area contributed by atoms with E-state index in [0.29, 0.717) is 11.1 Å². The summed E-state index contributed by atoms with van der Waals surface area (Å²) in [6.45, 7) is 3.35. The SMILES string of the molecule is Cc1cc(Sc2nccs2)c([C@@H](C)O)cc1F. The van der Waals surface area contributed by atoms with Gasteiger partial charge in [-0.1, -0.05) is 11.8 Å². The van der Waals surface area contributed by atoms with Crippen LogP contribution in [0.15, 0.2) is 32.9 Å². The predicted octanol–water partition coefficient (Wildman–Crippen LogP) is 3.80. The van der Waals surface area contributed by atoms with Gasteiger partial charge < -0.3 is 5.11 Å². The summed E-state index contributed by atoms with van der Waals surface area (Å²) in [5.74, 6) is -0.288. The average molecular weight is 269 g/mol. The molecule has 2 aromatic rings. The van der Waals surface area contributed by atoms with Gasteiger partial charge in [-0.2, -0.15) is 0 Å². The van der Waals surface area contributed by atoms with Gasteiger partial charge in [0.15, 0.2) is 4.34 Å². The molecule has 0 amide bonds. The molecule has 0 aliphatic heterocycles. The van der Waals surface area contributed by atoms with E-state index in [1.165, 1.54) is 29.2 Å². The van der Waals surface area contributed by atoms with Crippen molar-refractivity contribution in [3.05, 3.63) is 40.7 Å². The summed E-state index contributed by atoms with van der Waals surface area (Å²) in [6.07, 6.45) is 1.04. The van der Waals surface area contributed by atoms with Gasteiger partial charge in [-0.05, 0) is 37.1 Å². The molecule has 17 heavy (non-hydrogen) atoms. The Bertz CT molecular complexity index is 511. The lowest BCUT2D eigenvalue weighted by molar-refractivity contribution is 0.196. The van der Waals surface area contributed by atoms with Crippen LogP contribution in [0.4, 0.5) is 4.39 Å². The Hall–Kier alpha value is -0.910. The first kappa shape index (κ1) is 12.5. The molecule has 0 fully saturated rings. The lowest BCUT2D eigenvalue weighted by Crippen LogP contribution is -1.97. The lowest BCUT2D eigenvalue weighted by Gasteiger charge is -2.12. The van der Waals surface area contributed by atoms with Crippen LogP contribution >= 0.6 is 23.1 Å². The highest BCUT2D eigenvalue weighted by Gasteiger charge is 2.13. The molecule has 0 saturated carbocycles. The summed E-state index contributed by atoms with van der Waals surface area (Å²) in [7, 11) is 0. The van der Waals surface area contributed by atoms with Crippen molar-refractivity contribution in [2.24, 2.45) is 0 Å². The van der Waals surface area contributed by atoms with Crippen LogP contribution in [0.5, 0.6) is 0 Å². The minimum atomic E-state index is -0.687. The van der Waals surface area contributed by atoms with Crippen LogP contribution in [-0.2, 0) is 0 Å². The largest absolute Gasteiger partial charge is 0.389 e. The topological polar surface area (TPSA) is 33.1 Å². The number of benzene rings is 1. The zero-order valence-electron chi connectivity index (χ0n) is 9.48. The van der Waals surface area contributed by atoms with E-state index in [1.807, 2.05) is 5.38 Å². The van der Waals surface area contributed by atoms with Gasteiger partial charge in [-0.25, -0.2) is 9.37 Å². The molecule has 0 saturated heterocycles. The third-order valence-electron chi connectivity index (χ3n) is 2.35. The predicted molar refractivity (Wildman–Crippen MR) is 68.0 cm³/mol. The standard InChI is InChI=1S/C12H12FNOS2/c1-7-5-11(17-12-14-3-4-16-12)9(8(2)15)6-10(7)13/h3-6,8,15H,1-2H3/t8-/m1/s1. The van der Waals surface area contributed by atoms with Crippen LogP contribution in [0.25, 0.3) is 0 Å². The molecular weight excluding hydrogens is 257 g/mol. The van der Waals surface area contributed by atoms with Gasteiger partial charge in [0.2, 0.25) is 0 Å². The van der Waals surface area contributed by atoms with Crippen LogP contribution in [-0.4, -0.2) is 10.1 Å². The maximum Gasteiger partial charge on any atom is 0.154 e. The van der Waals surface area contributed by atoms with E-state index in [9.17, 15) is 9.50 Å². The number of aliphatic hydroxyl groups is 1. The highest BCUT2D eigenvalue weighted by Crippen LogP contribution is 2.35. The van der Waals surface area contributed by atoms with Gasteiger partial charge in [0.05, 0.1) is 6.10 Å². The van der Waals surface area contributed by atoms with Crippen molar-refractivity contribution in [1.29, 1.82) is 0 Å². The van der Waals surface area contributed by atoms with E-state index in [2.05, 4.69) is 4.98 Å². The van der Waals surface area contributed by atoms with Crippen molar-refractivity contribution >= 4 is 23.1 Å². The Morgan fingerprint density at radius 2 is 2.24 bits per heavy atom. The fourth-order valence-electron chi connectivity index (χ4n) is 1.44. The number of rotatable bonds is 3. The minimum absolute atomic E-state index is 0.288. The Labute approximate surface area is 108 Å². The van der Waals surface area contributed by atoms with Crippen LogP contribution in [0.1, 0.15) is 24.2 Å². The van der Waals surface area contributed by atoms with Gasteiger partial charge >= 0.3 is 0 Å². The Balaban J connectivity index is 2.41. The zero-order valence-corrected chi connectivity index (χ0v) is 11.1. The van der Waals surface area contributed by atoms with Crippen LogP contribution < -0.4 is 0 Å². The summed E-state index contributed by atoms with van der Waals surface area (Å²) in [5, 5.41) is 11.5. The second kappa shape index (κ2) is 5.16. The van der Waals surface area contributed by atoms with E-state index in [4.69, 9.17) is 0 Å². The normalized spacial score (nSPS) is 12.7. The second-order valence-electron chi connectivity index (χ2n) is 3.72. The Morgan fingerprint density at radius 1 is 1.47 bits per heavy atom. The first-order valence-electron chi connectivity index (χ1n) is 5.13. The molecule has 2 nitrogen and oxygen atoms in total. The van der Waals surface area contributed by atoms with Gasteiger partial charge in [-0.15, -0.1) is 11.3 Å². The van der Waals surface area contributed by atoms with Gasteiger partial charge in [-0.3, -0.25) is 0 Å². The molecule has 0 spiro atoms. The monoisotopic (exact) mass is 269 g/mol. The van der Waals surface area contributed by atoms with E-state index in [1.54, 1.807) is 26.1 Å². The fourth-order valence-corrected chi connectivity index (χ4v) is 3.31. The first-order chi connectivity index (χ1) is 8.08. The number of aromatic nitrogens is 1. The molecule has 1 atom stereocenters. The van der Waals surface area contributed by atoms with Gasteiger partial charge in [0.25, 0.3) is 0 Å². The number of halogens is 1. The number of thiazole rings is 1. The smallest absolute Gasteiger partial charge is 0.154 e. The summed E-state index contributed by atoms with van der Waals surface area (Å²) in [5.41, 5.74) is 1.18. The van der Waals surface area contributed by atoms with Crippen molar-refractivity contribution < 1.29 is 9.50 Å². The number of aliphatic hydroxyl groups excluding tert-OH is 1. The van der Waals surface area contributed by atoms with Crippen molar-refractivity contribution in [1.82, 2.24) is 4.98 Å². The lowest BCUT2D eigenvalue weighted by atomic mass is 10.1. The highest BCUT2D eigenvalue weighted by molar-refractivity contribution is 8.01. The second-order valence-corrected chi connectivity index (χ2v) is 5.90. The number of nitrogens with zero attached hydrogens (tertiary/aromatic N) is 1. The van der Waals surface area contributed by atoms with Crippen molar-refractivity contribution in [3.63, 3.8) is 0 Å². The molecule has 0 unspecified atom stereocenters. The molecule has 0 radical (unpaired) electrons. The molecule has 0 bridgehead atoms. The summed E-state index contributed by atoms with van der Waals surface area (Å²) < 4.78 is 14.4. The first-order valence-corrected chi connectivity index (χ1v) is 6.83. The van der Waals surface area contributed by atoms with Crippen molar-refractivity contribution in [2.45, 2.75) is 29.2 Å². The van der Waals surface area contributed by atoms with E-state index in [-0.39, 0.29) is 5.82 Å². The average Bonchev–Trinajstić information content (AvgIpc) is 2.75.